The van der Waals surface area contributed by atoms with E-state index in [4.69, 9.17) is 13.3 Å². The van der Waals surface area contributed by atoms with Crippen LogP contribution in [-0.2, 0) is 18.1 Å². The molecular formula is C12H24O4Si. The van der Waals surface area contributed by atoms with E-state index in [1.807, 2.05) is 20.8 Å². The van der Waals surface area contributed by atoms with E-state index in [0.717, 1.165) is 19.3 Å². The Morgan fingerprint density at radius 3 is 1.59 bits per heavy atom. The smallest absolute Gasteiger partial charge is 0.368 e. The summed E-state index contributed by atoms with van der Waals surface area (Å²) in [6.45, 7) is 10.9. The van der Waals surface area contributed by atoms with Crippen molar-refractivity contribution in [3.63, 3.8) is 0 Å². The molecule has 0 aromatic carbocycles. The molecule has 100 valence electrons. The van der Waals surface area contributed by atoms with E-state index >= 15 is 0 Å². The van der Waals surface area contributed by atoms with Gasteiger partial charge in [0.25, 0.3) is 0 Å². The molecule has 0 fully saturated rings. The van der Waals surface area contributed by atoms with Gasteiger partial charge in [-0.25, -0.2) is 0 Å². The Bertz CT molecular complexity index is 209. The van der Waals surface area contributed by atoms with Gasteiger partial charge in [-0.3, -0.25) is 4.79 Å². The third-order valence-electron chi connectivity index (χ3n) is 1.98. The molecule has 4 nitrogen and oxygen atoms in total. The van der Waals surface area contributed by atoms with Crippen molar-refractivity contribution in [2.45, 2.75) is 40.0 Å². The maximum Gasteiger partial charge on any atom is 0.579 e. The molecular weight excluding hydrogens is 236 g/mol. The van der Waals surface area contributed by atoms with Gasteiger partial charge in [-0.15, -0.1) is 0 Å². The largest absolute Gasteiger partial charge is 0.579 e. The van der Waals surface area contributed by atoms with Crippen LogP contribution in [0.4, 0.5) is 0 Å². The molecule has 0 aliphatic heterocycles. The Hall–Kier alpha value is -0.493. The van der Waals surface area contributed by atoms with Gasteiger partial charge >= 0.3 is 8.80 Å². The van der Waals surface area contributed by atoms with Crippen molar-refractivity contribution in [1.29, 1.82) is 0 Å². The monoisotopic (exact) mass is 260 g/mol. The maximum absolute atomic E-state index is 11.9. The maximum atomic E-state index is 11.9. The highest BCUT2D eigenvalue weighted by Gasteiger charge is 2.48. The summed E-state index contributed by atoms with van der Waals surface area (Å²) in [7, 11) is -3.22. The molecule has 0 radical (unpaired) electrons. The standard InChI is InChI=1S/C12H24O4Si/c1-5-9-14-17(12(13)8-4,15-10-6-2)16-11-7-3/h8H,4-7,9-11H2,1-3H3. The average Bonchev–Trinajstić information content (AvgIpc) is 2.37. The molecule has 0 saturated carbocycles. The SMILES string of the molecule is C=CC(=O)[Si](OCCC)(OCCC)OCCC. The molecule has 0 aromatic heterocycles. The molecule has 5 heteroatoms. The first-order chi connectivity index (χ1) is 8.16. The van der Waals surface area contributed by atoms with Crippen molar-refractivity contribution < 1.29 is 18.1 Å². The minimum absolute atomic E-state index is 0.243. The van der Waals surface area contributed by atoms with Gasteiger partial charge in [0.2, 0.25) is 5.41 Å². The van der Waals surface area contributed by atoms with E-state index in [2.05, 4.69) is 6.58 Å². The van der Waals surface area contributed by atoms with Crippen molar-refractivity contribution in [1.82, 2.24) is 0 Å². The summed E-state index contributed by atoms with van der Waals surface area (Å²) in [5.74, 6) is 0. The van der Waals surface area contributed by atoms with Crippen molar-refractivity contribution in [3.8, 4) is 0 Å². The Labute approximate surface area is 105 Å². The van der Waals surface area contributed by atoms with Crippen LogP contribution in [0.5, 0.6) is 0 Å². The van der Waals surface area contributed by atoms with Crippen molar-refractivity contribution in [2.75, 3.05) is 19.8 Å². The molecule has 0 unspecified atom stereocenters. The van der Waals surface area contributed by atoms with Crippen LogP contribution >= 0.6 is 0 Å². The molecule has 17 heavy (non-hydrogen) atoms. The number of allylic oxidation sites excluding steroid dienone is 1. The van der Waals surface area contributed by atoms with Crippen LogP contribution in [0.2, 0.25) is 0 Å². The highest BCUT2D eigenvalue weighted by atomic mass is 28.4. The second kappa shape index (κ2) is 9.53. The van der Waals surface area contributed by atoms with Crippen LogP contribution in [0, 0.1) is 0 Å². The van der Waals surface area contributed by atoms with Gasteiger partial charge < -0.3 is 13.3 Å². The molecule has 0 aliphatic carbocycles. The Balaban J connectivity index is 4.76. The summed E-state index contributed by atoms with van der Waals surface area (Å²) in [5, 5.41) is -0.243. The van der Waals surface area contributed by atoms with Gasteiger partial charge in [0.05, 0.1) is 0 Å². The van der Waals surface area contributed by atoms with Crippen molar-refractivity contribution in [3.05, 3.63) is 12.7 Å². The first-order valence-corrected chi connectivity index (χ1v) is 7.98. The van der Waals surface area contributed by atoms with Crippen LogP contribution in [0.25, 0.3) is 0 Å². The van der Waals surface area contributed by atoms with Crippen LogP contribution in [-0.4, -0.2) is 34.0 Å². The zero-order chi connectivity index (χ0) is 13.1. The molecule has 0 spiro atoms. The van der Waals surface area contributed by atoms with E-state index in [-0.39, 0.29) is 5.41 Å². The molecule has 0 rings (SSSR count). The van der Waals surface area contributed by atoms with Gasteiger partial charge in [-0.1, -0.05) is 27.4 Å². The first kappa shape index (κ1) is 16.5. The van der Waals surface area contributed by atoms with Crippen LogP contribution < -0.4 is 0 Å². The molecule has 0 bridgehead atoms. The third kappa shape index (κ3) is 5.58. The highest BCUT2D eigenvalue weighted by molar-refractivity contribution is 6.94. The minimum Gasteiger partial charge on any atom is -0.368 e. The van der Waals surface area contributed by atoms with E-state index in [1.54, 1.807) is 0 Å². The molecule has 0 atom stereocenters. The van der Waals surface area contributed by atoms with E-state index in [0.29, 0.717) is 19.8 Å². The lowest BCUT2D eigenvalue weighted by atomic mass is 10.5. The summed E-state index contributed by atoms with van der Waals surface area (Å²) in [6, 6.07) is 0. The molecule has 0 aliphatic rings. The molecule has 0 saturated heterocycles. The number of rotatable bonds is 11. The Morgan fingerprint density at radius 2 is 1.35 bits per heavy atom. The van der Waals surface area contributed by atoms with E-state index in [1.165, 1.54) is 6.08 Å². The summed E-state index contributed by atoms with van der Waals surface area (Å²) in [5.41, 5.74) is 0. The zero-order valence-corrected chi connectivity index (χ0v) is 12.2. The number of hydrogen-bond acceptors (Lipinski definition) is 4. The number of hydrogen-bond donors (Lipinski definition) is 0. The van der Waals surface area contributed by atoms with Crippen molar-refractivity contribution >= 4 is 14.2 Å². The lowest BCUT2D eigenvalue weighted by Crippen LogP contribution is -2.53. The number of carbonyl (C=O) groups is 1. The lowest BCUT2D eigenvalue weighted by molar-refractivity contribution is -0.115. The molecule has 0 amide bonds. The molecule has 0 heterocycles. The quantitative estimate of drug-likeness (QED) is 0.423. The fourth-order valence-corrected chi connectivity index (χ4v) is 3.52. The van der Waals surface area contributed by atoms with Crippen LogP contribution in [0.1, 0.15) is 40.0 Å². The normalized spacial score (nSPS) is 11.5. The number of carbonyl (C=O) groups excluding carboxylic acids is 1. The Morgan fingerprint density at radius 1 is 1.00 bits per heavy atom. The van der Waals surface area contributed by atoms with Crippen molar-refractivity contribution in [2.24, 2.45) is 0 Å². The van der Waals surface area contributed by atoms with E-state index < -0.39 is 8.80 Å². The van der Waals surface area contributed by atoms with Gasteiger partial charge in [-0.05, 0) is 25.3 Å². The van der Waals surface area contributed by atoms with Gasteiger partial charge in [-0.2, -0.15) is 0 Å². The molecule has 0 aromatic rings. The molecule has 0 N–H and O–H groups in total. The predicted octanol–water partition coefficient (Wildman–Crippen LogP) is 2.50. The Kier molecular flexibility index (Phi) is 9.25. The summed E-state index contributed by atoms with van der Waals surface area (Å²) >= 11 is 0. The van der Waals surface area contributed by atoms with Crippen LogP contribution in [0.3, 0.4) is 0 Å². The topological polar surface area (TPSA) is 44.8 Å². The predicted molar refractivity (Wildman–Crippen MR) is 69.7 cm³/mol. The fraction of sp³-hybridized carbons (Fsp3) is 0.750. The average molecular weight is 260 g/mol. The highest BCUT2D eigenvalue weighted by Crippen LogP contribution is 2.14. The first-order valence-electron chi connectivity index (χ1n) is 6.25. The summed E-state index contributed by atoms with van der Waals surface area (Å²) in [4.78, 5) is 11.9. The minimum atomic E-state index is -3.22. The van der Waals surface area contributed by atoms with Gasteiger partial charge in [0.15, 0.2) is 0 Å². The third-order valence-corrected chi connectivity index (χ3v) is 4.54. The second-order valence-corrected chi connectivity index (χ2v) is 6.14. The van der Waals surface area contributed by atoms with Gasteiger partial charge in [0.1, 0.15) is 0 Å². The summed E-state index contributed by atoms with van der Waals surface area (Å²) < 4.78 is 16.8. The summed E-state index contributed by atoms with van der Waals surface area (Å²) in [6.07, 6.45) is 3.71. The second-order valence-electron chi connectivity index (χ2n) is 3.67. The zero-order valence-electron chi connectivity index (χ0n) is 11.2. The van der Waals surface area contributed by atoms with E-state index in [9.17, 15) is 4.79 Å². The van der Waals surface area contributed by atoms with Gasteiger partial charge in [0, 0.05) is 19.8 Å². The fourth-order valence-electron chi connectivity index (χ4n) is 1.17. The lowest BCUT2D eigenvalue weighted by Gasteiger charge is -2.26. The van der Waals surface area contributed by atoms with Crippen LogP contribution in [0.15, 0.2) is 12.7 Å².